The van der Waals surface area contributed by atoms with Crippen molar-refractivity contribution in [3.63, 3.8) is 0 Å². The number of hydrogen-bond acceptors (Lipinski definition) is 2. The van der Waals surface area contributed by atoms with Crippen molar-refractivity contribution in [3.05, 3.63) is 29.3 Å². The molecule has 1 amide bonds. The standard InChI is InChI=1S/C13H18N2O/c1-2-4-13(16)15-12-6-3-5-10-9-14-8-7-11(10)12/h3,5-6,14H,2,4,7-9H2,1H3,(H,15,16). The minimum atomic E-state index is 0.120. The first-order chi connectivity index (χ1) is 7.81. The highest BCUT2D eigenvalue weighted by Gasteiger charge is 2.13. The maximum absolute atomic E-state index is 11.6. The van der Waals surface area contributed by atoms with Gasteiger partial charge < -0.3 is 10.6 Å². The van der Waals surface area contributed by atoms with E-state index in [4.69, 9.17) is 0 Å². The second-order valence-corrected chi connectivity index (χ2v) is 4.17. The van der Waals surface area contributed by atoms with Crippen molar-refractivity contribution in [2.24, 2.45) is 0 Å². The summed E-state index contributed by atoms with van der Waals surface area (Å²) in [6.45, 7) is 3.92. The van der Waals surface area contributed by atoms with Gasteiger partial charge in [0.15, 0.2) is 0 Å². The summed E-state index contributed by atoms with van der Waals surface area (Å²) in [7, 11) is 0. The molecule has 2 rings (SSSR count). The number of carbonyl (C=O) groups excluding carboxylic acids is 1. The molecule has 0 fully saturated rings. The van der Waals surface area contributed by atoms with Crippen molar-refractivity contribution in [1.82, 2.24) is 5.32 Å². The van der Waals surface area contributed by atoms with Crippen LogP contribution in [0.25, 0.3) is 0 Å². The zero-order valence-corrected chi connectivity index (χ0v) is 9.68. The van der Waals surface area contributed by atoms with Crippen LogP contribution in [0.15, 0.2) is 18.2 Å². The first-order valence-electron chi connectivity index (χ1n) is 5.92. The van der Waals surface area contributed by atoms with E-state index >= 15 is 0 Å². The fourth-order valence-corrected chi connectivity index (χ4v) is 2.09. The first kappa shape index (κ1) is 11.1. The minimum absolute atomic E-state index is 0.120. The Balaban J connectivity index is 2.17. The van der Waals surface area contributed by atoms with Gasteiger partial charge >= 0.3 is 0 Å². The SMILES string of the molecule is CCCC(=O)Nc1cccc2c1CCNC2. The van der Waals surface area contributed by atoms with Crippen LogP contribution >= 0.6 is 0 Å². The number of anilines is 1. The molecule has 0 aromatic heterocycles. The normalized spacial score (nSPS) is 14.3. The molecule has 0 spiro atoms. The molecule has 1 heterocycles. The topological polar surface area (TPSA) is 41.1 Å². The second-order valence-electron chi connectivity index (χ2n) is 4.17. The van der Waals surface area contributed by atoms with Gasteiger partial charge in [0.2, 0.25) is 5.91 Å². The van der Waals surface area contributed by atoms with Gasteiger partial charge in [0, 0.05) is 18.7 Å². The van der Waals surface area contributed by atoms with Crippen LogP contribution in [0.4, 0.5) is 5.69 Å². The van der Waals surface area contributed by atoms with Crippen molar-refractivity contribution in [2.45, 2.75) is 32.7 Å². The summed E-state index contributed by atoms with van der Waals surface area (Å²) in [4.78, 5) is 11.6. The molecule has 0 atom stereocenters. The molecule has 1 aromatic rings. The Kier molecular flexibility index (Phi) is 3.57. The van der Waals surface area contributed by atoms with Gasteiger partial charge in [0.1, 0.15) is 0 Å². The highest BCUT2D eigenvalue weighted by atomic mass is 16.1. The predicted molar refractivity (Wildman–Crippen MR) is 65.4 cm³/mol. The molecular formula is C13H18N2O. The average molecular weight is 218 g/mol. The molecule has 0 radical (unpaired) electrons. The molecule has 3 heteroatoms. The molecule has 0 saturated heterocycles. The molecule has 0 bridgehead atoms. The quantitative estimate of drug-likeness (QED) is 0.815. The summed E-state index contributed by atoms with van der Waals surface area (Å²) in [5.74, 6) is 0.120. The van der Waals surface area contributed by atoms with Gasteiger partial charge in [-0.3, -0.25) is 4.79 Å². The summed E-state index contributed by atoms with van der Waals surface area (Å²) in [6.07, 6.45) is 2.49. The smallest absolute Gasteiger partial charge is 0.224 e. The fourth-order valence-electron chi connectivity index (χ4n) is 2.09. The summed E-state index contributed by atoms with van der Waals surface area (Å²) >= 11 is 0. The predicted octanol–water partition coefficient (Wildman–Crippen LogP) is 2.07. The molecule has 86 valence electrons. The highest BCUT2D eigenvalue weighted by Crippen LogP contribution is 2.23. The monoisotopic (exact) mass is 218 g/mol. The van der Waals surface area contributed by atoms with Crippen molar-refractivity contribution in [1.29, 1.82) is 0 Å². The number of amides is 1. The average Bonchev–Trinajstić information content (AvgIpc) is 2.30. The lowest BCUT2D eigenvalue weighted by Crippen LogP contribution is -2.25. The van der Waals surface area contributed by atoms with Gasteiger partial charge in [-0.05, 0) is 36.6 Å². The molecule has 3 nitrogen and oxygen atoms in total. The van der Waals surface area contributed by atoms with Crippen LogP contribution in [-0.4, -0.2) is 12.5 Å². The van der Waals surface area contributed by atoms with Gasteiger partial charge in [-0.25, -0.2) is 0 Å². The molecule has 0 saturated carbocycles. The van der Waals surface area contributed by atoms with Crippen LogP contribution < -0.4 is 10.6 Å². The van der Waals surface area contributed by atoms with E-state index < -0.39 is 0 Å². The van der Waals surface area contributed by atoms with Crippen LogP contribution in [0.5, 0.6) is 0 Å². The van der Waals surface area contributed by atoms with E-state index in [9.17, 15) is 4.79 Å². The Bertz CT molecular complexity index is 388. The largest absolute Gasteiger partial charge is 0.326 e. The van der Waals surface area contributed by atoms with Gasteiger partial charge in [0.05, 0.1) is 0 Å². The Morgan fingerprint density at radius 1 is 1.50 bits per heavy atom. The molecule has 0 aliphatic carbocycles. The molecule has 16 heavy (non-hydrogen) atoms. The summed E-state index contributed by atoms with van der Waals surface area (Å²) < 4.78 is 0. The second kappa shape index (κ2) is 5.12. The number of hydrogen-bond donors (Lipinski definition) is 2. The van der Waals surface area contributed by atoms with Crippen LogP contribution in [-0.2, 0) is 17.8 Å². The number of benzene rings is 1. The van der Waals surface area contributed by atoms with Crippen molar-refractivity contribution >= 4 is 11.6 Å². The number of carbonyl (C=O) groups is 1. The van der Waals surface area contributed by atoms with Gasteiger partial charge in [-0.15, -0.1) is 0 Å². The summed E-state index contributed by atoms with van der Waals surface area (Å²) in [5, 5.41) is 6.34. The fraction of sp³-hybridized carbons (Fsp3) is 0.462. The van der Waals surface area contributed by atoms with Gasteiger partial charge in [-0.2, -0.15) is 0 Å². The highest BCUT2D eigenvalue weighted by molar-refractivity contribution is 5.91. The molecule has 1 aliphatic rings. The maximum atomic E-state index is 11.6. The van der Waals surface area contributed by atoms with Crippen LogP contribution in [0, 0.1) is 0 Å². The lowest BCUT2D eigenvalue weighted by Gasteiger charge is -2.20. The first-order valence-corrected chi connectivity index (χ1v) is 5.92. The lowest BCUT2D eigenvalue weighted by atomic mass is 9.99. The number of fused-ring (bicyclic) bond motifs is 1. The molecule has 2 N–H and O–H groups in total. The van der Waals surface area contributed by atoms with E-state index in [1.807, 2.05) is 19.1 Å². The van der Waals surface area contributed by atoms with E-state index in [-0.39, 0.29) is 5.91 Å². The van der Waals surface area contributed by atoms with Crippen molar-refractivity contribution < 1.29 is 4.79 Å². The van der Waals surface area contributed by atoms with Crippen molar-refractivity contribution in [2.75, 3.05) is 11.9 Å². The van der Waals surface area contributed by atoms with Gasteiger partial charge in [0.25, 0.3) is 0 Å². The number of nitrogens with one attached hydrogen (secondary N) is 2. The Morgan fingerprint density at radius 2 is 2.38 bits per heavy atom. The zero-order valence-electron chi connectivity index (χ0n) is 9.68. The van der Waals surface area contributed by atoms with Crippen molar-refractivity contribution in [3.8, 4) is 0 Å². The molecule has 0 unspecified atom stereocenters. The Hall–Kier alpha value is -1.35. The molecule has 1 aliphatic heterocycles. The Labute approximate surface area is 96.2 Å². The molecular weight excluding hydrogens is 200 g/mol. The van der Waals surface area contributed by atoms with Crippen LogP contribution in [0.2, 0.25) is 0 Å². The Morgan fingerprint density at radius 3 is 3.19 bits per heavy atom. The van der Waals surface area contributed by atoms with E-state index in [0.717, 1.165) is 31.6 Å². The van der Waals surface area contributed by atoms with Gasteiger partial charge in [-0.1, -0.05) is 19.1 Å². The van der Waals surface area contributed by atoms with E-state index in [0.29, 0.717) is 6.42 Å². The lowest BCUT2D eigenvalue weighted by molar-refractivity contribution is -0.116. The van der Waals surface area contributed by atoms with E-state index in [2.05, 4.69) is 16.7 Å². The van der Waals surface area contributed by atoms with E-state index in [1.165, 1.54) is 11.1 Å². The maximum Gasteiger partial charge on any atom is 0.224 e. The summed E-state index contributed by atoms with van der Waals surface area (Å²) in [6, 6.07) is 6.13. The van der Waals surface area contributed by atoms with Crippen LogP contribution in [0.1, 0.15) is 30.9 Å². The van der Waals surface area contributed by atoms with E-state index in [1.54, 1.807) is 0 Å². The minimum Gasteiger partial charge on any atom is -0.326 e. The molecule has 1 aromatic carbocycles. The summed E-state index contributed by atoms with van der Waals surface area (Å²) in [5.41, 5.74) is 3.60. The third-order valence-electron chi connectivity index (χ3n) is 2.89. The third kappa shape index (κ3) is 2.42. The zero-order chi connectivity index (χ0) is 11.4. The third-order valence-corrected chi connectivity index (χ3v) is 2.89. The van der Waals surface area contributed by atoms with Crippen LogP contribution in [0.3, 0.4) is 0 Å². The number of rotatable bonds is 3.